The van der Waals surface area contributed by atoms with Crippen molar-refractivity contribution >= 4 is 61.2 Å². The van der Waals surface area contributed by atoms with Gasteiger partial charge < -0.3 is 9.40 Å². The fourth-order valence-electron chi connectivity index (χ4n) is 1.81. The SMILES string of the molecule is N#C/C(=C/c1cc(Br)c(I)o1)c1nc2ccccc2[nH]1. The molecule has 3 rings (SSSR count). The van der Waals surface area contributed by atoms with Crippen LogP contribution >= 0.6 is 38.5 Å². The number of rotatable bonds is 2. The summed E-state index contributed by atoms with van der Waals surface area (Å²) < 4.78 is 7.13. The van der Waals surface area contributed by atoms with Gasteiger partial charge in [-0.25, -0.2) is 4.98 Å². The molecule has 0 unspecified atom stereocenters. The molecule has 1 aromatic carbocycles. The predicted octanol–water partition coefficient (Wildman–Crippen LogP) is 4.59. The smallest absolute Gasteiger partial charge is 0.178 e. The molecule has 1 N–H and O–H groups in total. The Balaban J connectivity index is 2.07. The van der Waals surface area contributed by atoms with Crippen molar-refractivity contribution in [1.29, 1.82) is 5.26 Å². The number of fused-ring (bicyclic) bond motifs is 1. The highest BCUT2D eigenvalue weighted by molar-refractivity contribution is 14.1. The van der Waals surface area contributed by atoms with Crippen LogP contribution in [-0.2, 0) is 0 Å². The van der Waals surface area contributed by atoms with Crippen LogP contribution < -0.4 is 0 Å². The van der Waals surface area contributed by atoms with Crippen molar-refractivity contribution in [2.75, 3.05) is 0 Å². The summed E-state index contributed by atoms with van der Waals surface area (Å²) >= 11 is 5.46. The first-order valence-electron chi connectivity index (χ1n) is 5.69. The van der Waals surface area contributed by atoms with E-state index >= 15 is 0 Å². The molecule has 20 heavy (non-hydrogen) atoms. The second-order valence-corrected chi connectivity index (χ2v) is 5.88. The molecule has 3 aromatic rings. The maximum atomic E-state index is 9.31. The van der Waals surface area contributed by atoms with Gasteiger partial charge in [-0.05, 0) is 34.1 Å². The van der Waals surface area contributed by atoms with Gasteiger partial charge in [-0.15, -0.1) is 0 Å². The quantitative estimate of drug-likeness (QED) is 0.469. The van der Waals surface area contributed by atoms with Gasteiger partial charge in [0.15, 0.2) is 3.77 Å². The van der Waals surface area contributed by atoms with Crippen molar-refractivity contribution in [1.82, 2.24) is 9.97 Å². The molecular weight excluding hydrogens is 433 g/mol. The van der Waals surface area contributed by atoms with Crippen LogP contribution in [0.1, 0.15) is 11.6 Å². The first-order valence-corrected chi connectivity index (χ1v) is 7.56. The van der Waals surface area contributed by atoms with E-state index in [0.717, 1.165) is 19.3 Å². The molecule has 2 heterocycles. The molecule has 0 saturated carbocycles. The van der Waals surface area contributed by atoms with Crippen molar-refractivity contribution in [3.8, 4) is 6.07 Å². The molecule has 0 bridgehead atoms. The summed E-state index contributed by atoms with van der Waals surface area (Å²) in [4.78, 5) is 7.54. The van der Waals surface area contributed by atoms with Crippen molar-refractivity contribution in [3.63, 3.8) is 0 Å². The first kappa shape index (κ1) is 13.4. The lowest BCUT2D eigenvalue weighted by molar-refractivity contribution is 0.527. The van der Waals surface area contributed by atoms with E-state index in [9.17, 15) is 5.26 Å². The largest absolute Gasteiger partial charge is 0.450 e. The lowest BCUT2D eigenvalue weighted by atomic mass is 10.2. The number of imidazole rings is 1. The van der Waals surface area contributed by atoms with E-state index in [1.807, 2.05) is 30.3 Å². The van der Waals surface area contributed by atoms with Gasteiger partial charge >= 0.3 is 0 Å². The molecular formula is C14H7BrIN3O. The Morgan fingerprint density at radius 1 is 1.45 bits per heavy atom. The first-order chi connectivity index (χ1) is 9.67. The van der Waals surface area contributed by atoms with Crippen LogP contribution in [0, 0.1) is 15.1 Å². The minimum Gasteiger partial charge on any atom is -0.450 e. The number of allylic oxidation sites excluding steroid dienone is 1. The van der Waals surface area contributed by atoms with Gasteiger partial charge in [0.1, 0.15) is 17.7 Å². The van der Waals surface area contributed by atoms with E-state index in [1.54, 1.807) is 6.08 Å². The van der Waals surface area contributed by atoms with Gasteiger partial charge in [0, 0.05) is 28.7 Å². The summed E-state index contributed by atoms with van der Waals surface area (Å²) in [5.74, 6) is 1.15. The second-order valence-electron chi connectivity index (χ2n) is 4.04. The summed E-state index contributed by atoms with van der Waals surface area (Å²) in [7, 11) is 0. The van der Waals surface area contributed by atoms with Crippen molar-refractivity contribution in [2.24, 2.45) is 0 Å². The predicted molar refractivity (Wildman–Crippen MR) is 88.7 cm³/mol. The summed E-state index contributed by atoms with van der Waals surface area (Å²) in [6, 6.07) is 11.6. The average Bonchev–Trinajstić information content (AvgIpc) is 3.00. The summed E-state index contributed by atoms with van der Waals surface area (Å²) in [6.07, 6.45) is 1.67. The zero-order valence-electron chi connectivity index (χ0n) is 10.0. The van der Waals surface area contributed by atoms with Gasteiger partial charge in [0.2, 0.25) is 0 Å². The molecule has 0 aliphatic carbocycles. The fourth-order valence-corrected chi connectivity index (χ4v) is 2.53. The molecule has 0 fully saturated rings. The molecule has 0 spiro atoms. The van der Waals surface area contributed by atoms with Gasteiger partial charge in [-0.1, -0.05) is 12.1 Å². The number of nitrogens with zero attached hydrogens (tertiary/aromatic N) is 2. The van der Waals surface area contributed by atoms with Crippen LogP contribution in [-0.4, -0.2) is 9.97 Å². The van der Waals surface area contributed by atoms with Crippen LogP contribution in [0.4, 0.5) is 0 Å². The fraction of sp³-hybridized carbons (Fsp3) is 0. The minimum absolute atomic E-state index is 0.429. The summed E-state index contributed by atoms with van der Waals surface area (Å²) in [5.41, 5.74) is 2.16. The third-order valence-corrected chi connectivity index (χ3v) is 4.85. The number of para-hydroxylation sites is 2. The van der Waals surface area contributed by atoms with E-state index in [4.69, 9.17) is 4.42 Å². The number of H-pyrrole nitrogens is 1. The van der Waals surface area contributed by atoms with Crippen LogP contribution in [0.25, 0.3) is 22.7 Å². The van der Waals surface area contributed by atoms with Gasteiger partial charge in [0.05, 0.1) is 21.1 Å². The van der Waals surface area contributed by atoms with E-state index < -0.39 is 0 Å². The monoisotopic (exact) mass is 439 g/mol. The average molecular weight is 440 g/mol. The van der Waals surface area contributed by atoms with Crippen LogP contribution in [0.2, 0.25) is 0 Å². The Bertz CT molecular complexity index is 804. The molecule has 4 nitrogen and oxygen atoms in total. The molecule has 0 aliphatic rings. The molecule has 0 saturated heterocycles. The standard InChI is InChI=1S/C14H7BrIN3O/c15-10-6-9(20-13(10)16)5-8(7-17)14-18-11-3-1-2-4-12(11)19-14/h1-6H,(H,18,19)/b8-5-. The Hall–Kier alpha value is -1.59. The van der Waals surface area contributed by atoms with E-state index in [1.165, 1.54) is 0 Å². The number of halogens is 2. The van der Waals surface area contributed by atoms with Crippen LogP contribution in [0.3, 0.4) is 0 Å². The van der Waals surface area contributed by atoms with E-state index in [0.29, 0.717) is 17.2 Å². The molecule has 6 heteroatoms. The number of nitrogens with one attached hydrogen (secondary N) is 1. The summed E-state index contributed by atoms with van der Waals surface area (Å²) in [5, 5.41) is 9.31. The zero-order valence-corrected chi connectivity index (χ0v) is 13.8. The summed E-state index contributed by atoms with van der Waals surface area (Å²) in [6.45, 7) is 0. The van der Waals surface area contributed by atoms with Crippen molar-refractivity contribution in [3.05, 3.63) is 50.2 Å². The molecule has 0 aliphatic heterocycles. The Kier molecular flexibility index (Phi) is 3.63. The third kappa shape index (κ3) is 2.51. The number of aromatic amines is 1. The number of benzene rings is 1. The maximum Gasteiger partial charge on any atom is 0.178 e. The Morgan fingerprint density at radius 3 is 2.90 bits per heavy atom. The second kappa shape index (κ2) is 5.42. The molecule has 0 atom stereocenters. The molecule has 0 radical (unpaired) electrons. The number of furan rings is 1. The Labute approximate surface area is 136 Å². The number of nitriles is 1. The topological polar surface area (TPSA) is 65.6 Å². The van der Waals surface area contributed by atoms with Crippen LogP contribution in [0.5, 0.6) is 0 Å². The van der Waals surface area contributed by atoms with Crippen molar-refractivity contribution in [2.45, 2.75) is 0 Å². The maximum absolute atomic E-state index is 9.31. The number of hydrogen-bond acceptors (Lipinski definition) is 3. The lowest BCUT2D eigenvalue weighted by Gasteiger charge is -1.91. The molecule has 0 amide bonds. The minimum atomic E-state index is 0.429. The zero-order chi connectivity index (χ0) is 14.1. The van der Waals surface area contributed by atoms with Gasteiger partial charge in [-0.2, -0.15) is 5.26 Å². The number of hydrogen-bond donors (Lipinski definition) is 1. The molecule has 98 valence electrons. The highest BCUT2D eigenvalue weighted by atomic mass is 127. The van der Waals surface area contributed by atoms with E-state index in [-0.39, 0.29) is 0 Å². The van der Waals surface area contributed by atoms with Gasteiger partial charge in [0.25, 0.3) is 0 Å². The van der Waals surface area contributed by atoms with Crippen LogP contribution in [0.15, 0.2) is 39.2 Å². The third-order valence-electron chi connectivity index (χ3n) is 2.72. The Morgan fingerprint density at radius 2 is 2.25 bits per heavy atom. The van der Waals surface area contributed by atoms with E-state index in [2.05, 4.69) is 54.6 Å². The highest BCUT2D eigenvalue weighted by Gasteiger charge is 2.10. The lowest BCUT2D eigenvalue weighted by Crippen LogP contribution is -1.84. The van der Waals surface area contributed by atoms with Gasteiger partial charge in [-0.3, -0.25) is 0 Å². The number of aromatic nitrogens is 2. The normalized spacial score (nSPS) is 11.8. The molecule has 2 aromatic heterocycles. The highest BCUT2D eigenvalue weighted by Crippen LogP contribution is 2.26. The van der Waals surface area contributed by atoms with Crippen molar-refractivity contribution < 1.29 is 4.42 Å².